The molecule has 0 atom stereocenters. The Morgan fingerprint density at radius 3 is 2.40 bits per heavy atom. The van der Waals surface area contributed by atoms with Crippen LogP contribution in [0.3, 0.4) is 0 Å². The smallest absolute Gasteiger partial charge is 0.255 e. The molecular weight excluding hydrogens is 270 g/mol. The normalized spacial score (nSPS) is 11.2. The quantitative estimate of drug-likeness (QED) is 0.837. The first-order valence-corrected chi connectivity index (χ1v) is 6.91. The van der Waals surface area contributed by atoms with Crippen LogP contribution in [0, 0.1) is 0 Å². The van der Waals surface area contributed by atoms with Crippen LogP contribution in [0.4, 0.5) is 5.69 Å². The van der Waals surface area contributed by atoms with Gasteiger partial charge in [-0.2, -0.15) is 0 Å². The SMILES string of the molecule is CC(C)(C)c1cccc(NC(=O)c2cccc(Cl)c2)c1. The lowest BCUT2D eigenvalue weighted by molar-refractivity contribution is 0.102. The Balaban J connectivity index is 2.20. The maximum Gasteiger partial charge on any atom is 0.255 e. The summed E-state index contributed by atoms with van der Waals surface area (Å²) in [5.41, 5.74) is 2.58. The summed E-state index contributed by atoms with van der Waals surface area (Å²) >= 11 is 5.90. The highest BCUT2D eigenvalue weighted by Gasteiger charge is 2.14. The van der Waals surface area contributed by atoms with Crippen LogP contribution in [0.1, 0.15) is 36.7 Å². The van der Waals surface area contributed by atoms with Gasteiger partial charge < -0.3 is 5.32 Å². The van der Waals surface area contributed by atoms with E-state index in [0.717, 1.165) is 5.69 Å². The number of amides is 1. The van der Waals surface area contributed by atoms with Crippen LogP contribution in [0.15, 0.2) is 48.5 Å². The molecule has 0 aliphatic heterocycles. The van der Waals surface area contributed by atoms with E-state index in [2.05, 4.69) is 32.2 Å². The van der Waals surface area contributed by atoms with Crippen LogP contribution in [0.2, 0.25) is 5.02 Å². The van der Waals surface area contributed by atoms with Crippen molar-refractivity contribution in [3.63, 3.8) is 0 Å². The van der Waals surface area contributed by atoms with Crippen molar-refractivity contribution in [1.29, 1.82) is 0 Å². The second-order valence-electron chi connectivity index (χ2n) is 5.80. The Morgan fingerprint density at radius 2 is 1.75 bits per heavy atom. The van der Waals surface area contributed by atoms with Gasteiger partial charge in [-0.25, -0.2) is 0 Å². The largest absolute Gasteiger partial charge is 0.322 e. The van der Waals surface area contributed by atoms with E-state index in [-0.39, 0.29) is 11.3 Å². The zero-order valence-corrected chi connectivity index (χ0v) is 12.7. The summed E-state index contributed by atoms with van der Waals surface area (Å²) in [6.45, 7) is 6.43. The second-order valence-corrected chi connectivity index (χ2v) is 6.23. The third-order valence-electron chi connectivity index (χ3n) is 3.07. The first kappa shape index (κ1) is 14.6. The van der Waals surface area contributed by atoms with Crippen molar-refractivity contribution in [3.8, 4) is 0 Å². The third kappa shape index (κ3) is 3.61. The van der Waals surface area contributed by atoms with E-state index in [0.29, 0.717) is 10.6 Å². The van der Waals surface area contributed by atoms with Gasteiger partial charge in [-0.1, -0.05) is 50.6 Å². The van der Waals surface area contributed by atoms with Crippen LogP contribution < -0.4 is 5.32 Å². The van der Waals surface area contributed by atoms with Crippen LogP contribution in [0.5, 0.6) is 0 Å². The van der Waals surface area contributed by atoms with Gasteiger partial charge in [-0.05, 0) is 41.3 Å². The summed E-state index contributed by atoms with van der Waals surface area (Å²) in [4.78, 5) is 12.2. The maximum atomic E-state index is 12.2. The Hall–Kier alpha value is -1.80. The topological polar surface area (TPSA) is 29.1 Å². The number of benzene rings is 2. The van der Waals surface area contributed by atoms with Gasteiger partial charge in [-0.15, -0.1) is 0 Å². The molecule has 0 saturated heterocycles. The van der Waals surface area contributed by atoms with E-state index in [1.807, 2.05) is 18.2 Å². The fourth-order valence-corrected chi connectivity index (χ4v) is 2.09. The highest BCUT2D eigenvalue weighted by Crippen LogP contribution is 2.25. The zero-order valence-electron chi connectivity index (χ0n) is 11.9. The van der Waals surface area contributed by atoms with Crippen LogP contribution >= 0.6 is 11.6 Å². The van der Waals surface area contributed by atoms with Crippen molar-refractivity contribution < 1.29 is 4.79 Å². The molecule has 0 bridgehead atoms. The average molecular weight is 288 g/mol. The lowest BCUT2D eigenvalue weighted by Crippen LogP contribution is -2.14. The van der Waals surface area contributed by atoms with Crippen molar-refractivity contribution in [1.82, 2.24) is 0 Å². The molecule has 0 heterocycles. The highest BCUT2D eigenvalue weighted by atomic mass is 35.5. The summed E-state index contributed by atoms with van der Waals surface area (Å²) in [5, 5.41) is 3.46. The molecule has 1 amide bonds. The molecule has 0 unspecified atom stereocenters. The molecule has 0 radical (unpaired) electrons. The van der Waals surface area contributed by atoms with E-state index in [4.69, 9.17) is 11.6 Å². The van der Waals surface area contributed by atoms with Gasteiger partial charge in [0.25, 0.3) is 5.91 Å². The number of carbonyl (C=O) groups is 1. The molecule has 2 aromatic rings. The van der Waals surface area contributed by atoms with E-state index in [1.54, 1.807) is 24.3 Å². The van der Waals surface area contributed by atoms with Crippen molar-refractivity contribution in [2.45, 2.75) is 26.2 Å². The Labute approximate surface area is 124 Å². The summed E-state index contributed by atoms with van der Waals surface area (Å²) in [7, 11) is 0. The predicted molar refractivity (Wildman–Crippen MR) is 84.5 cm³/mol. The number of rotatable bonds is 2. The number of anilines is 1. The van der Waals surface area contributed by atoms with E-state index in [1.165, 1.54) is 5.56 Å². The van der Waals surface area contributed by atoms with E-state index < -0.39 is 0 Å². The summed E-state index contributed by atoms with van der Waals surface area (Å²) in [6.07, 6.45) is 0. The average Bonchev–Trinajstić information content (AvgIpc) is 2.38. The molecule has 0 aromatic heterocycles. The lowest BCUT2D eigenvalue weighted by atomic mass is 9.87. The standard InChI is InChI=1S/C17H18ClNO/c1-17(2,3)13-7-5-9-15(11-13)19-16(20)12-6-4-8-14(18)10-12/h4-11H,1-3H3,(H,19,20). The zero-order chi connectivity index (χ0) is 14.8. The van der Waals surface area contributed by atoms with Crippen molar-refractivity contribution in [3.05, 3.63) is 64.7 Å². The van der Waals surface area contributed by atoms with Crippen molar-refractivity contribution >= 4 is 23.2 Å². The summed E-state index contributed by atoms with van der Waals surface area (Å²) < 4.78 is 0. The molecule has 2 nitrogen and oxygen atoms in total. The number of carbonyl (C=O) groups excluding carboxylic acids is 1. The van der Waals surface area contributed by atoms with Gasteiger partial charge in [0.2, 0.25) is 0 Å². The van der Waals surface area contributed by atoms with Crippen LogP contribution in [0.25, 0.3) is 0 Å². The van der Waals surface area contributed by atoms with Gasteiger partial charge in [0, 0.05) is 16.3 Å². The molecular formula is C17H18ClNO. The van der Waals surface area contributed by atoms with Gasteiger partial charge in [0.05, 0.1) is 0 Å². The number of halogens is 1. The molecule has 0 fully saturated rings. The molecule has 20 heavy (non-hydrogen) atoms. The number of nitrogens with one attached hydrogen (secondary N) is 1. The first-order chi connectivity index (χ1) is 9.36. The minimum Gasteiger partial charge on any atom is -0.322 e. The van der Waals surface area contributed by atoms with E-state index in [9.17, 15) is 4.79 Å². The Bertz CT molecular complexity index is 629. The lowest BCUT2D eigenvalue weighted by Gasteiger charge is -2.19. The minimum atomic E-state index is -0.154. The van der Waals surface area contributed by atoms with Crippen LogP contribution in [-0.2, 0) is 5.41 Å². The molecule has 0 spiro atoms. The predicted octanol–water partition coefficient (Wildman–Crippen LogP) is 4.89. The molecule has 0 aliphatic carbocycles. The van der Waals surface area contributed by atoms with Gasteiger partial charge in [-0.3, -0.25) is 4.79 Å². The van der Waals surface area contributed by atoms with Crippen molar-refractivity contribution in [2.24, 2.45) is 0 Å². The Kier molecular flexibility index (Phi) is 4.15. The first-order valence-electron chi connectivity index (χ1n) is 6.54. The van der Waals surface area contributed by atoms with E-state index >= 15 is 0 Å². The third-order valence-corrected chi connectivity index (χ3v) is 3.31. The van der Waals surface area contributed by atoms with Gasteiger partial charge in [0.1, 0.15) is 0 Å². The summed E-state index contributed by atoms with van der Waals surface area (Å²) in [6, 6.07) is 14.8. The minimum absolute atomic E-state index is 0.0524. The number of hydrogen-bond acceptors (Lipinski definition) is 1. The highest BCUT2D eigenvalue weighted by molar-refractivity contribution is 6.31. The molecule has 1 N–H and O–H groups in total. The van der Waals surface area contributed by atoms with Gasteiger partial charge >= 0.3 is 0 Å². The van der Waals surface area contributed by atoms with Gasteiger partial charge in [0.15, 0.2) is 0 Å². The van der Waals surface area contributed by atoms with Crippen LogP contribution in [-0.4, -0.2) is 5.91 Å². The fraction of sp³-hybridized carbons (Fsp3) is 0.235. The second kappa shape index (κ2) is 5.68. The molecule has 2 rings (SSSR count). The maximum absolute atomic E-state index is 12.2. The van der Waals surface area contributed by atoms with Crippen molar-refractivity contribution in [2.75, 3.05) is 5.32 Å². The molecule has 0 aliphatic rings. The molecule has 3 heteroatoms. The summed E-state index contributed by atoms with van der Waals surface area (Å²) in [5.74, 6) is -0.154. The fourth-order valence-electron chi connectivity index (χ4n) is 1.90. The molecule has 0 saturated carbocycles. The Morgan fingerprint density at radius 1 is 1.05 bits per heavy atom. The molecule has 104 valence electrons. The monoisotopic (exact) mass is 287 g/mol. The number of hydrogen-bond donors (Lipinski definition) is 1. The molecule has 2 aromatic carbocycles.